The van der Waals surface area contributed by atoms with Crippen LogP contribution >= 0.6 is 11.3 Å². The predicted molar refractivity (Wildman–Crippen MR) is 91.4 cm³/mol. The SMILES string of the molecule is CC(OCC1CC1)C(=O)N1CCCC1c1nc2ccccc2s1. The molecule has 1 aromatic carbocycles. The summed E-state index contributed by atoms with van der Waals surface area (Å²) in [5.74, 6) is 0.802. The number of amides is 1. The molecular weight excluding hydrogens is 308 g/mol. The predicted octanol–water partition coefficient (Wildman–Crippen LogP) is 3.77. The van der Waals surface area contributed by atoms with Gasteiger partial charge in [-0.05, 0) is 50.7 Å². The van der Waals surface area contributed by atoms with Gasteiger partial charge in [-0.3, -0.25) is 4.79 Å². The minimum atomic E-state index is -0.342. The molecule has 2 heterocycles. The Labute approximate surface area is 140 Å². The summed E-state index contributed by atoms with van der Waals surface area (Å²) in [7, 11) is 0. The van der Waals surface area contributed by atoms with Crippen LogP contribution in [0.4, 0.5) is 0 Å². The largest absolute Gasteiger partial charge is 0.368 e. The van der Waals surface area contributed by atoms with Crippen LogP contribution in [-0.2, 0) is 9.53 Å². The zero-order valence-electron chi connectivity index (χ0n) is 13.4. The number of benzene rings is 1. The highest BCUT2D eigenvalue weighted by molar-refractivity contribution is 7.18. The van der Waals surface area contributed by atoms with Crippen LogP contribution in [0.1, 0.15) is 43.7 Å². The van der Waals surface area contributed by atoms with Gasteiger partial charge >= 0.3 is 0 Å². The van der Waals surface area contributed by atoms with Gasteiger partial charge in [0.15, 0.2) is 0 Å². The fourth-order valence-corrected chi connectivity index (χ4v) is 4.30. The summed E-state index contributed by atoms with van der Waals surface area (Å²) in [4.78, 5) is 19.5. The highest BCUT2D eigenvalue weighted by Gasteiger charge is 2.35. The maximum Gasteiger partial charge on any atom is 0.252 e. The van der Waals surface area contributed by atoms with E-state index in [4.69, 9.17) is 9.72 Å². The quantitative estimate of drug-likeness (QED) is 0.838. The van der Waals surface area contributed by atoms with Crippen molar-refractivity contribution in [2.24, 2.45) is 5.92 Å². The molecule has 2 fully saturated rings. The molecule has 4 nitrogen and oxygen atoms in total. The third-order valence-electron chi connectivity index (χ3n) is 4.76. The number of nitrogens with zero attached hydrogens (tertiary/aromatic N) is 2. The van der Waals surface area contributed by atoms with Crippen molar-refractivity contribution in [3.63, 3.8) is 0 Å². The standard InChI is InChI=1S/C18H22N2O2S/c1-12(22-11-13-8-9-13)18(21)20-10-4-6-15(20)17-19-14-5-2-3-7-16(14)23-17/h2-3,5,7,12-13,15H,4,6,8-11H2,1H3. The van der Waals surface area contributed by atoms with Gasteiger partial charge in [0.25, 0.3) is 5.91 Å². The Morgan fingerprint density at radius 1 is 1.39 bits per heavy atom. The van der Waals surface area contributed by atoms with Gasteiger partial charge < -0.3 is 9.64 Å². The molecule has 122 valence electrons. The molecule has 1 saturated heterocycles. The van der Waals surface area contributed by atoms with E-state index in [9.17, 15) is 4.79 Å². The number of hydrogen-bond donors (Lipinski definition) is 0. The van der Waals surface area contributed by atoms with E-state index >= 15 is 0 Å². The molecule has 1 saturated carbocycles. The molecule has 5 heteroatoms. The molecule has 0 bridgehead atoms. The van der Waals surface area contributed by atoms with E-state index in [-0.39, 0.29) is 18.1 Å². The molecule has 2 unspecified atom stereocenters. The van der Waals surface area contributed by atoms with E-state index in [1.165, 1.54) is 17.5 Å². The Morgan fingerprint density at radius 3 is 3.00 bits per heavy atom. The molecule has 1 aromatic heterocycles. The van der Waals surface area contributed by atoms with Gasteiger partial charge in [0.05, 0.1) is 22.9 Å². The molecule has 2 aromatic rings. The minimum Gasteiger partial charge on any atom is -0.368 e. The average Bonchev–Trinajstić information content (AvgIpc) is 3.10. The molecule has 1 aliphatic heterocycles. The van der Waals surface area contributed by atoms with E-state index in [1.54, 1.807) is 11.3 Å². The molecule has 0 N–H and O–H groups in total. The van der Waals surface area contributed by atoms with Crippen LogP contribution in [0.5, 0.6) is 0 Å². The Bertz CT molecular complexity index is 677. The number of carbonyl (C=O) groups is 1. The second-order valence-corrected chi connectivity index (χ2v) is 7.69. The van der Waals surface area contributed by atoms with Crippen molar-refractivity contribution in [3.05, 3.63) is 29.3 Å². The van der Waals surface area contributed by atoms with Crippen molar-refractivity contribution >= 4 is 27.5 Å². The fraction of sp³-hybridized carbons (Fsp3) is 0.556. The molecule has 0 spiro atoms. The summed E-state index contributed by atoms with van der Waals surface area (Å²) in [5.41, 5.74) is 1.03. The number of thiazole rings is 1. The summed E-state index contributed by atoms with van der Waals surface area (Å²) in [6, 6.07) is 8.30. The van der Waals surface area contributed by atoms with Gasteiger partial charge in [-0.15, -0.1) is 11.3 Å². The van der Waals surface area contributed by atoms with Crippen molar-refractivity contribution in [1.29, 1.82) is 0 Å². The molecule has 1 aliphatic carbocycles. The summed E-state index contributed by atoms with van der Waals surface area (Å²) >= 11 is 1.71. The van der Waals surface area contributed by atoms with Crippen LogP contribution in [0.15, 0.2) is 24.3 Å². The number of para-hydroxylation sites is 1. The zero-order chi connectivity index (χ0) is 15.8. The van der Waals surface area contributed by atoms with Gasteiger partial charge in [0.1, 0.15) is 11.1 Å². The van der Waals surface area contributed by atoms with E-state index in [0.29, 0.717) is 5.92 Å². The normalized spacial score (nSPS) is 22.7. The summed E-state index contributed by atoms with van der Waals surface area (Å²) < 4.78 is 6.97. The number of aromatic nitrogens is 1. The Kier molecular flexibility index (Phi) is 4.07. The molecule has 23 heavy (non-hydrogen) atoms. The lowest BCUT2D eigenvalue weighted by Crippen LogP contribution is -2.38. The number of hydrogen-bond acceptors (Lipinski definition) is 4. The number of rotatable bonds is 5. The van der Waals surface area contributed by atoms with Gasteiger partial charge in [-0.2, -0.15) is 0 Å². The lowest BCUT2D eigenvalue weighted by molar-refractivity contribution is -0.143. The van der Waals surface area contributed by atoms with Gasteiger partial charge in [-0.1, -0.05) is 12.1 Å². The third-order valence-corrected chi connectivity index (χ3v) is 5.90. The van der Waals surface area contributed by atoms with E-state index < -0.39 is 0 Å². The topological polar surface area (TPSA) is 42.4 Å². The van der Waals surface area contributed by atoms with Crippen LogP contribution < -0.4 is 0 Å². The lowest BCUT2D eigenvalue weighted by Gasteiger charge is -2.26. The highest BCUT2D eigenvalue weighted by Crippen LogP contribution is 2.37. The van der Waals surface area contributed by atoms with Crippen LogP contribution in [0.25, 0.3) is 10.2 Å². The first-order valence-corrected chi connectivity index (χ1v) is 9.31. The van der Waals surface area contributed by atoms with Gasteiger partial charge in [0.2, 0.25) is 0 Å². The Hall–Kier alpha value is -1.46. The first-order valence-electron chi connectivity index (χ1n) is 8.50. The lowest BCUT2D eigenvalue weighted by atomic mass is 10.2. The molecule has 1 amide bonds. The van der Waals surface area contributed by atoms with Crippen molar-refractivity contribution < 1.29 is 9.53 Å². The Balaban J connectivity index is 1.49. The molecular formula is C18H22N2O2S. The average molecular weight is 330 g/mol. The van der Waals surface area contributed by atoms with Gasteiger partial charge in [0, 0.05) is 6.54 Å². The molecule has 4 rings (SSSR count). The molecule has 2 atom stereocenters. The van der Waals surface area contributed by atoms with Crippen molar-refractivity contribution in [2.45, 2.75) is 44.8 Å². The first-order chi connectivity index (χ1) is 11.2. The summed E-state index contributed by atoms with van der Waals surface area (Å²) in [6.07, 6.45) is 4.20. The van der Waals surface area contributed by atoms with Crippen LogP contribution in [0, 0.1) is 5.92 Å². The number of ether oxygens (including phenoxy) is 1. The van der Waals surface area contributed by atoms with Crippen molar-refractivity contribution in [2.75, 3.05) is 13.2 Å². The minimum absolute atomic E-state index is 0.117. The monoisotopic (exact) mass is 330 g/mol. The van der Waals surface area contributed by atoms with E-state index in [1.807, 2.05) is 30.0 Å². The number of likely N-dealkylation sites (tertiary alicyclic amines) is 1. The zero-order valence-corrected chi connectivity index (χ0v) is 14.2. The molecule has 2 aliphatic rings. The summed E-state index contributed by atoms with van der Waals surface area (Å²) in [6.45, 7) is 3.43. The smallest absolute Gasteiger partial charge is 0.252 e. The highest BCUT2D eigenvalue weighted by atomic mass is 32.1. The first kappa shape index (κ1) is 15.1. The van der Waals surface area contributed by atoms with Crippen LogP contribution in [0.2, 0.25) is 0 Å². The third kappa shape index (κ3) is 3.12. The van der Waals surface area contributed by atoms with Gasteiger partial charge in [-0.25, -0.2) is 4.98 Å². The second kappa shape index (κ2) is 6.21. The van der Waals surface area contributed by atoms with E-state index in [0.717, 1.165) is 36.5 Å². The van der Waals surface area contributed by atoms with Crippen LogP contribution in [0.3, 0.4) is 0 Å². The maximum absolute atomic E-state index is 12.8. The number of carbonyl (C=O) groups excluding carboxylic acids is 1. The molecule has 0 radical (unpaired) electrons. The van der Waals surface area contributed by atoms with Crippen molar-refractivity contribution in [1.82, 2.24) is 9.88 Å². The van der Waals surface area contributed by atoms with Crippen molar-refractivity contribution in [3.8, 4) is 0 Å². The fourth-order valence-electron chi connectivity index (χ4n) is 3.19. The van der Waals surface area contributed by atoms with Crippen LogP contribution in [-0.4, -0.2) is 35.0 Å². The second-order valence-electron chi connectivity index (χ2n) is 6.63. The maximum atomic E-state index is 12.8. The van der Waals surface area contributed by atoms with E-state index in [2.05, 4.69) is 6.07 Å². The summed E-state index contributed by atoms with van der Waals surface area (Å²) in [5, 5.41) is 1.06. The Morgan fingerprint density at radius 2 is 2.22 bits per heavy atom. The number of fused-ring (bicyclic) bond motifs is 1.